The molecular weight excluding hydrogens is 296 g/mol. The van der Waals surface area contributed by atoms with Gasteiger partial charge in [-0.3, -0.25) is 4.79 Å². The first-order valence-electron chi connectivity index (χ1n) is 7.73. The van der Waals surface area contributed by atoms with Crippen LogP contribution in [0.1, 0.15) is 42.6 Å². The van der Waals surface area contributed by atoms with Gasteiger partial charge in [0.05, 0.1) is 0 Å². The van der Waals surface area contributed by atoms with E-state index in [1.807, 2.05) is 32.0 Å². The van der Waals surface area contributed by atoms with Gasteiger partial charge in [-0.1, -0.05) is 18.6 Å². The fourth-order valence-corrected chi connectivity index (χ4v) is 2.22. The zero-order chi connectivity index (χ0) is 16.7. The van der Waals surface area contributed by atoms with Crippen LogP contribution in [0, 0.1) is 13.8 Å². The molecule has 0 atom stereocenters. The molecule has 1 aromatic carbocycles. The zero-order valence-corrected chi connectivity index (χ0v) is 13.5. The minimum absolute atomic E-state index is 0.207. The number of rotatable bonds is 9. The van der Waals surface area contributed by atoms with Gasteiger partial charge in [0.25, 0.3) is 0 Å². The molecule has 2 rings (SSSR count). The fourth-order valence-electron chi connectivity index (χ4n) is 2.22. The Bertz CT molecular complexity index is 655. The normalized spacial score (nSPS) is 10.7. The van der Waals surface area contributed by atoms with Crippen molar-refractivity contribution in [2.45, 2.75) is 52.7 Å². The van der Waals surface area contributed by atoms with Crippen LogP contribution in [-0.2, 0) is 17.9 Å². The highest BCUT2D eigenvalue weighted by Crippen LogP contribution is 2.20. The number of carboxylic acid groups (broad SMARTS) is 1. The molecular formula is C16H22N4O3. The lowest BCUT2D eigenvalue weighted by atomic mass is 10.1. The highest BCUT2D eigenvalue weighted by Gasteiger charge is 2.08. The van der Waals surface area contributed by atoms with E-state index >= 15 is 0 Å². The lowest BCUT2D eigenvalue weighted by Crippen LogP contribution is -2.09. The maximum atomic E-state index is 10.5. The van der Waals surface area contributed by atoms with Crippen LogP contribution in [0.15, 0.2) is 18.2 Å². The van der Waals surface area contributed by atoms with E-state index in [9.17, 15) is 4.79 Å². The standard InChI is InChI=1S/C16H22N4O3/c1-12-7-8-13(2)14(10-12)23-11-15-17-18-19-20(15)9-5-3-4-6-16(21)22/h7-8,10H,3-6,9,11H2,1-2H3,(H,21,22). The minimum atomic E-state index is -0.755. The van der Waals surface area contributed by atoms with Gasteiger partial charge in [0.1, 0.15) is 12.4 Å². The highest BCUT2D eigenvalue weighted by atomic mass is 16.5. The van der Waals surface area contributed by atoms with Crippen molar-refractivity contribution in [1.82, 2.24) is 20.2 Å². The molecule has 124 valence electrons. The third kappa shape index (κ3) is 5.36. The van der Waals surface area contributed by atoms with Gasteiger partial charge in [0.15, 0.2) is 5.82 Å². The second-order valence-corrected chi connectivity index (χ2v) is 5.58. The lowest BCUT2D eigenvalue weighted by Gasteiger charge is -2.10. The second-order valence-electron chi connectivity index (χ2n) is 5.58. The summed E-state index contributed by atoms with van der Waals surface area (Å²) in [6, 6.07) is 6.06. The first kappa shape index (κ1) is 16.9. The summed E-state index contributed by atoms with van der Waals surface area (Å²) in [7, 11) is 0. The molecule has 0 fully saturated rings. The third-order valence-electron chi connectivity index (χ3n) is 3.57. The average molecular weight is 318 g/mol. The second kappa shape index (κ2) is 8.26. The lowest BCUT2D eigenvalue weighted by molar-refractivity contribution is -0.137. The van der Waals surface area contributed by atoms with Crippen LogP contribution in [0.2, 0.25) is 0 Å². The van der Waals surface area contributed by atoms with E-state index in [1.165, 1.54) is 0 Å². The number of hydrogen-bond donors (Lipinski definition) is 1. The van der Waals surface area contributed by atoms with Crippen molar-refractivity contribution < 1.29 is 14.6 Å². The van der Waals surface area contributed by atoms with Crippen LogP contribution in [0.3, 0.4) is 0 Å². The number of hydrogen-bond acceptors (Lipinski definition) is 5. The summed E-state index contributed by atoms with van der Waals surface area (Å²) in [6.45, 7) is 5.00. The highest BCUT2D eigenvalue weighted by molar-refractivity contribution is 5.66. The molecule has 0 amide bonds. The zero-order valence-electron chi connectivity index (χ0n) is 13.5. The number of tetrazole rings is 1. The Balaban J connectivity index is 1.83. The van der Waals surface area contributed by atoms with Crippen molar-refractivity contribution in [3.05, 3.63) is 35.2 Å². The van der Waals surface area contributed by atoms with Gasteiger partial charge in [-0.25, -0.2) is 4.68 Å². The van der Waals surface area contributed by atoms with E-state index in [-0.39, 0.29) is 6.42 Å². The summed E-state index contributed by atoms with van der Waals surface area (Å²) in [5.41, 5.74) is 2.21. The van der Waals surface area contributed by atoms with Gasteiger partial charge >= 0.3 is 5.97 Å². The van der Waals surface area contributed by atoms with E-state index in [4.69, 9.17) is 9.84 Å². The molecule has 1 heterocycles. The average Bonchev–Trinajstić information content (AvgIpc) is 2.95. The molecule has 0 bridgehead atoms. The third-order valence-corrected chi connectivity index (χ3v) is 3.57. The molecule has 1 N–H and O–H groups in total. The predicted molar refractivity (Wildman–Crippen MR) is 84.2 cm³/mol. The molecule has 0 aliphatic heterocycles. The van der Waals surface area contributed by atoms with E-state index < -0.39 is 5.97 Å². The quantitative estimate of drug-likeness (QED) is 0.714. The molecule has 7 heteroatoms. The Morgan fingerprint density at radius 1 is 1.26 bits per heavy atom. The van der Waals surface area contributed by atoms with Crippen LogP contribution in [0.4, 0.5) is 0 Å². The SMILES string of the molecule is Cc1ccc(C)c(OCc2nnnn2CCCCCC(=O)O)c1. The summed E-state index contributed by atoms with van der Waals surface area (Å²) >= 11 is 0. The number of aromatic nitrogens is 4. The Kier molecular flexibility index (Phi) is 6.08. The molecule has 0 aliphatic carbocycles. The number of aliphatic carboxylic acids is 1. The van der Waals surface area contributed by atoms with E-state index in [0.29, 0.717) is 25.4 Å². The number of nitrogens with zero attached hydrogens (tertiary/aromatic N) is 4. The van der Waals surface area contributed by atoms with Crippen molar-refractivity contribution in [3.63, 3.8) is 0 Å². The summed E-state index contributed by atoms with van der Waals surface area (Å²) in [5.74, 6) is 0.750. The van der Waals surface area contributed by atoms with Crippen molar-refractivity contribution >= 4 is 5.97 Å². The number of benzene rings is 1. The monoisotopic (exact) mass is 318 g/mol. The maximum Gasteiger partial charge on any atom is 0.303 e. The van der Waals surface area contributed by atoms with Crippen molar-refractivity contribution in [3.8, 4) is 5.75 Å². The van der Waals surface area contributed by atoms with Gasteiger partial charge in [-0.15, -0.1) is 5.10 Å². The number of aryl methyl sites for hydroxylation is 3. The van der Waals surface area contributed by atoms with Crippen molar-refractivity contribution in [1.29, 1.82) is 0 Å². The van der Waals surface area contributed by atoms with Gasteiger partial charge in [0.2, 0.25) is 0 Å². The first-order valence-corrected chi connectivity index (χ1v) is 7.73. The maximum absolute atomic E-state index is 10.5. The summed E-state index contributed by atoms with van der Waals surface area (Å²) in [6.07, 6.45) is 2.56. The molecule has 23 heavy (non-hydrogen) atoms. The van der Waals surface area contributed by atoms with Gasteiger partial charge in [0, 0.05) is 13.0 Å². The van der Waals surface area contributed by atoms with E-state index in [1.54, 1.807) is 4.68 Å². The van der Waals surface area contributed by atoms with Crippen LogP contribution in [-0.4, -0.2) is 31.3 Å². The molecule has 0 radical (unpaired) electrons. The Labute approximate surface area is 135 Å². The van der Waals surface area contributed by atoms with Crippen molar-refractivity contribution in [2.75, 3.05) is 0 Å². The number of ether oxygens (including phenoxy) is 1. The van der Waals surface area contributed by atoms with Gasteiger partial charge < -0.3 is 9.84 Å². The first-order chi connectivity index (χ1) is 11.1. The van der Waals surface area contributed by atoms with Gasteiger partial charge in [-0.05, 0) is 54.3 Å². The Morgan fingerprint density at radius 3 is 2.87 bits per heavy atom. The minimum Gasteiger partial charge on any atom is -0.485 e. The Morgan fingerprint density at radius 2 is 2.09 bits per heavy atom. The molecule has 2 aromatic rings. The molecule has 7 nitrogen and oxygen atoms in total. The summed E-state index contributed by atoms with van der Waals surface area (Å²) in [4.78, 5) is 10.5. The summed E-state index contributed by atoms with van der Waals surface area (Å²) < 4.78 is 7.53. The molecule has 0 spiro atoms. The molecule has 1 aromatic heterocycles. The smallest absolute Gasteiger partial charge is 0.303 e. The van der Waals surface area contributed by atoms with Crippen LogP contribution in [0.5, 0.6) is 5.75 Å². The van der Waals surface area contributed by atoms with E-state index in [0.717, 1.165) is 29.7 Å². The predicted octanol–water partition coefficient (Wildman–Crippen LogP) is 2.51. The molecule has 0 unspecified atom stereocenters. The topological polar surface area (TPSA) is 90.1 Å². The number of unbranched alkanes of at least 4 members (excludes halogenated alkanes) is 2. The molecule has 0 aliphatic rings. The van der Waals surface area contributed by atoms with Crippen LogP contribution < -0.4 is 4.74 Å². The summed E-state index contributed by atoms with van der Waals surface area (Å²) in [5, 5.41) is 20.3. The number of carboxylic acids is 1. The van der Waals surface area contributed by atoms with E-state index in [2.05, 4.69) is 15.5 Å². The Hall–Kier alpha value is -2.44. The number of carbonyl (C=O) groups is 1. The van der Waals surface area contributed by atoms with Crippen molar-refractivity contribution in [2.24, 2.45) is 0 Å². The van der Waals surface area contributed by atoms with Crippen LogP contribution in [0.25, 0.3) is 0 Å². The van der Waals surface area contributed by atoms with Gasteiger partial charge in [-0.2, -0.15) is 0 Å². The fraction of sp³-hybridized carbons (Fsp3) is 0.500. The molecule has 0 saturated heterocycles. The largest absolute Gasteiger partial charge is 0.485 e. The van der Waals surface area contributed by atoms with Crippen LogP contribution >= 0.6 is 0 Å². The molecule has 0 saturated carbocycles.